The molecule has 0 amide bonds. The van der Waals surface area contributed by atoms with Gasteiger partial charge in [-0.1, -0.05) is 19.3 Å². The maximum Gasteiger partial charge on any atom is 0.0252 e. The third kappa shape index (κ3) is 1.59. The number of hydrogen-bond acceptors (Lipinski definition) is 2. The van der Waals surface area contributed by atoms with Crippen LogP contribution in [0.1, 0.15) is 32.1 Å². The molecule has 0 N–H and O–H groups in total. The van der Waals surface area contributed by atoms with Gasteiger partial charge in [-0.05, 0) is 18.8 Å². The molecule has 1 aliphatic carbocycles. The van der Waals surface area contributed by atoms with Crippen molar-refractivity contribution in [2.45, 2.75) is 38.1 Å². The quantitative estimate of drug-likeness (QED) is 0.625. The van der Waals surface area contributed by atoms with E-state index in [1.807, 2.05) is 0 Å². The van der Waals surface area contributed by atoms with Gasteiger partial charge in [0.15, 0.2) is 0 Å². The Morgan fingerprint density at radius 1 is 0.786 bits per heavy atom. The summed E-state index contributed by atoms with van der Waals surface area (Å²) in [4.78, 5) is 5.45. The second kappa shape index (κ2) is 3.82. The molecule has 1 unspecified atom stereocenters. The van der Waals surface area contributed by atoms with Gasteiger partial charge < -0.3 is 0 Å². The van der Waals surface area contributed by atoms with Gasteiger partial charge >= 0.3 is 0 Å². The van der Waals surface area contributed by atoms with Crippen LogP contribution >= 0.6 is 0 Å². The lowest BCUT2D eigenvalue weighted by Gasteiger charge is -2.51. The smallest absolute Gasteiger partial charge is 0.0252 e. The molecule has 3 aliphatic heterocycles. The van der Waals surface area contributed by atoms with Gasteiger partial charge in [0.1, 0.15) is 0 Å². The van der Waals surface area contributed by atoms with E-state index in [1.54, 1.807) is 0 Å². The topological polar surface area (TPSA) is 6.48 Å². The van der Waals surface area contributed by atoms with Crippen molar-refractivity contribution in [1.29, 1.82) is 0 Å². The molecule has 80 valence electrons. The standard InChI is InChI=1S/C12H22N2/c1-2-4-11(5-3-1)12-10-13-6-8-14(12)9-7-13/h11-12H,1-10H2. The highest BCUT2D eigenvalue weighted by Gasteiger charge is 2.36. The molecule has 4 aliphatic rings. The minimum atomic E-state index is 0.929. The second-order valence-electron chi connectivity index (χ2n) is 5.30. The predicted molar refractivity (Wildman–Crippen MR) is 58.4 cm³/mol. The summed E-state index contributed by atoms with van der Waals surface area (Å²) < 4.78 is 0. The summed E-state index contributed by atoms with van der Waals surface area (Å²) >= 11 is 0. The molecule has 4 fully saturated rings. The highest BCUT2D eigenvalue weighted by molar-refractivity contribution is 4.92. The molecular formula is C12H22N2. The van der Waals surface area contributed by atoms with E-state index in [0.717, 1.165) is 12.0 Å². The van der Waals surface area contributed by atoms with Crippen LogP contribution in [0.2, 0.25) is 0 Å². The Morgan fingerprint density at radius 3 is 2.07 bits per heavy atom. The highest BCUT2D eigenvalue weighted by atomic mass is 15.3. The maximum atomic E-state index is 2.77. The summed E-state index contributed by atoms with van der Waals surface area (Å²) in [6.07, 6.45) is 7.50. The first-order valence-corrected chi connectivity index (χ1v) is 6.40. The Kier molecular flexibility index (Phi) is 2.50. The van der Waals surface area contributed by atoms with Crippen molar-refractivity contribution < 1.29 is 0 Å². The van der Waals surface area contributed by atoms with Crippen molar-refractivity contribution in [3.8, 4) is 0 Å². The number of fused-ring (bicyclic) bond motifs is 3. The number of piperazine rings is 3. The van der Waals surface area contributed by atoms with E-state index in [-0.39, 0.29) is 0 Å². The molecule has 0 spiro atoms. The van der Waals surface area contributed by atoms with Crippen LogP contribution in [-0.4, -0.2) is 48.6 Å². The van der Waals surface area contributed by atoms with Crippen molar-refractivity contribution in [1.82, 2.24) is 9.80 Å². The van der Waals surface area contributed by atoms with Gasteiger partial charge in [0.2, 0.25) is 0 Å². The zero-order valence-corrected chi connectivity index (χ0v) is 9.12. The average molecular weight is 194 g/mol. The molecule has 14 heavy (non-hydrogen) atoms. The van der Waals surface area contributed by atoms with Gasteiger partial charge in [0.25, 0.3) is 0 Å². The predicted octanol–water partition coefficient (Wildman–Crippen LogP) is 1.57. The van der Waals surface area contributed by atoms with E-state index in [9.17, 15) is 0 Å². The van der Waals surface area contributed by atoms with Crippen LogP contribution in [0.25, 0.3) is 0 Å². The third-order valence-corrected chi connectivity index (χ3v) is 4.52. The monoisotopic (exact) mass is 194 g/mol. The highest BCUT2D eigenvalue weighted by Crippen LogP contribution is 2.32. The van der Waals surface area contributed by atoms with Crippen molar-refractivity contribution >= 4 is 0 Å². The van der Waals surface area contributed by atoms with E-state index in [4.69, 9.17) is 0 Å². The van der Waals surface area contributed by atoms with E-state index in [2.05, 4.69) is 9.80 Å². The molecular weight excluding hydrogens is 172 g/mol. The van der Waals surface area contributed by atoms with E-state index >= 15 is 0 Å². The van der Waals surface area contributed by atoms with Gasteiger partial charge in [-0.25, -0.2) is 0 Å². The van der Waals surface area contributed by atoms with Crippen molar-refractivity contribution in [3.05, 3.63) is 0 Å². The summed E-state index contributed by atoms with van der Waals surface area (Å²) in [5.41, 5.74) is 0. The summed E-state index contributed by atoms with van der Waals surface area (Å²) in [5.74, 6) is 1.03. The van der Waals surface area contributed by atoms with Crippen molar-refractivity contribution in [2.75, 3.05) is 32.7 Å². The average Bonchev–Trinajstić information content (AvgIpc) is 2.32. The van der Waals surface area contributed by atoms with E-state index in [1.165, 1.54) is 64.8 Å². The lowest BCUT2D eigenvalue weighted by atomic mass is 9.81. The first kappa shape index (κ1) is 9.17. The summed E-state index contributed by atoms with van der Waals surface area (Å²) in [7, 11) is 0. The second-order valence-corrected chi connectivity index (χ2v) is 5.30. The Balaban J connectivity index is 1.66. The fourth-order valence-electron chi connectivity index (χ4n) is 3.62. The normalized spacial score (nSPS) is 44.1. The Hall–Kier alpha value is -0.0800. The third-order valence-electron chi connectivity index (χ3n) is 4.52. The molecule has 0 radical (unpaired) electrons. The molecule has 0 aromatic rings. The SMILES string of the molecule is C1CCC(C2CN3CCN2CC3)CC1. The molecule has 1 atom stereocenters. The maximum absolute atomic E-state index is 2.77. The molecule has 1 saturated carbocycles. The van der Waals surface area contributed by atoms with Crippen molar-refractivity contribution in [3.63, 3.8) is 0 Å². The minimum absolute atomic E-state index is 0.929. The minimum Gasteiger partial charge on any atom is -0.299 e. The Labute approximate surface area is 87.3 Å². The van der Waals surface area contributed by atoms with Crippen LogP contribution in [-0.2, 0) is 0 Å². The first-order valence-electron chi connectivity index (χ1n) is 6.40. The summed E-state index contributed by atoms with van der Waals surface area (Å²) in [5, 5.41) is 0. The Morgan fingerprint density at radius 2 is 1.50 bits per heavy atom. The zero-order valence-electron chi connectivity index (χ0n) is 9.12. The molecule has 2 bridgehead atoms. The van der Waals surface area contributed by atoms with Gasteiger partial charge in [-0.3, -0.25) is 9.80 Å². The molecule has 3 saturated heterocycles. The van der Waals surface area contributed by atoms with Gasteiger partial charge in [0, 0.05) is 38.8 Å². The van der Waals surface area contributed by atoms with Crippen LogP contribution in [0.4, 0.5) is 0 Å². The van der Waals surface area contributed by atoms with Crippen LogP contribution in [0, 0.1) is 5.92 Å². The number of nitrogens with zero attached hydrogens (tertiary/aromatic N) is 2. The summed E-state index contributed by atoms with van der Waals surface area (Å²) in [6.45, 7) is 6.75. The van der Waals surface area contributed by atoms with Gasteiger partial charge in [-0.15, -0.1) is 0 Å². The molecule has 2 heteroatoms. The molecule has 0 aromatic heterocycles. The van der Waals surface area contributed by atoms with Crippen LogP contribution in [0.3, 0.4) is 0 Å². The summed E-state index contributed by atoms with van der Waals surface area (Å²) in [6, 6.07) is 0.929. The Bertz CT molecular complexity index is 190. The van der Waals surface area contributed by atoms with E-state index < -0.39 is 0 Å². The van der Waals surface area contributed by atoms with Crippen LogP contribution in [0.15, 0.2) is 0 Å². The zero-order chi connectivity index (χ0) is 9.38. The lowest BCUT2D eigenvalue weighted by molar-refractivity contribution is -0.0200. The van der Waals surface area contributed by atoms with E-state index in [0.29, 0.717) is 0 Å². The fraction of sp³-hybridized carbons (Fsp3) is 1.00. The molecule has 3 heterocycles. The molecule has 2 nitrogen and oxygen atoms in total. The van der Waals surface area contributed by atoms with Gasteiger partial charge in [-0.2, -0.15) is 0 Å². The van der Waals surface area contributed by atoms with Gasteiger partial charge in [0.05, 0.1) is 0 Å². The molecule has 0 aromatic carbocycles. The fourth-order valence-corrected chi connectivity index (χ4v) is 3.62. The molecule has 4 rings (SSSR count). The van der Waals surface area contributed by atoms with Crippen molar-refractivity contribution in [2.24, 2.45) is 5.92 Å². The first-order chi connectivity index (χ1) is 6.93. The van der Waals surface area contributed by atoms with Crippen LogP contribution in [0.5, 0.6) is 0 Å². The largest absolute Gasteiger partial charge is 0.299 e. The lowest BCUT2D eigenvalue weighted by Crippen LogP contribution is -2.63. The number of rotatable bonds is 1. The van der Waals surface area contributed by atoms with Crippen LogP contribution < -0.4 is 0 Å². The number of hydrogen-bond donors (Lipinski definition) is 0.